The lowest BCUT2D eigenvalue weighted by atomic mass is 9.67. The number of urea groups is 1. The largest absolute Gasteiger partial charge is 0.356 e. The zero-order valence-corrected chi connectivity index (χ0v) is 25.4. The van der Waals surface area contributed by atoms with Gasteiger partial charge < -0.3 is 9.80 Å². The molecule has 2 aliphatic rings. The highest BCUT2D eigenvalue weighted by Gasteiger charge is 2.47. The molecule has 2 fully saturated rings. The number of likely N-dealkylation sites (tertiary alicyclic amines) is 1. The second-order valence-corrected chi connectivity index (χ2v) is 14.6. The van der Waals surface area contributed by atoms with Gasteiger partial charge >= 0.3 is 6.03 Å². The standard InChI is InChI=1S/C27H32N8O3S3/c1-3-39-25-30-24(40-32-25)31-26(36)34-16-27(17-34)12-9-20(10-13-27)33(2)22-21-11-14-35(23(21)29-18-28-22)41(37,38)15-19-7-5-4-6-8-19/h4-8,11,14,18,20H,3,9-10,12-13,15-17H2,1-2H3,(H,30,31,32,36). The van der Waals surface area contributed by atoms with Gasteiger partial charge in [0.05, 0.1) is 11.1 Å². The fraction of sp³-hybridized carbons (Fsp3) is 0.444. The summed E-state index contributed by atoms with van der Waals surface area (Å²) in [5.74, 6) is 1.52. The van der Waals surface area contributed by atoms with Gasteiger partial charge in [-0.05, 0) is 43.1 Å². The van der Waals surface area contributed by atoms with Gasteiger partial charge in [-0.2, -0.15) is 9.36 Å². The first kappa shape index (κ1) is 27.9. The lowest BCUT2D eigenvalue weighted by molar-refractivity contribution is 0.000958. The molecular weight excluding hydrogens is 581 g/mol. The number of hydrogen-bond acceptors (Lipinski definition) is 10. The molecule has 1 N–H and O–H groups in total. The predicted octanol–water partition coefficient (Wildman–Crippen LogP) is 4.69. The number of thioether (sulfide) groups is 1. The minimum atomic E-state index is -3.65. The molecule has 1 saturated heterocycles. The van der Waals surface area contributed by atoms with Crippen LogP contribution in [0.5, 0.6) is 0 Å². The maximum atomic E-state index is 13.2. The number of benzene rings is 1. The molecule has 0 atom stereocenters. The topological polar surface area (TPSA) is 126 Å². The molecule has 1 aromatic carbocycles. The molecule has 1 spiro atoms. The smallest absolute Gasteiger partial charge is 0.323 e. The summed E-state index contributed by atoms with van der Waals surface area (Å²) in [5, 5.41) is 4.84. The number of nitrogens with zero attached hydrogens (tertiary/aromatic N) is 7. The second-order valence-electron chi connectivity index (χ2n) is 10.7. The summed E-state index contributed by atoms with van der Waals surface area (Å²) < 4.78 is 32.0. The first-order valence-corrected chi connectivity index (χ1v) is 17.0. The number of aromatic nitrogens is 5. The van der Waals surface area contributed by atoms with Gasteiger partial charge in [-0.25, -0.2) is 27.2 Å². The van der Waals surface area contributed by atoms with Crippen molar-refractivity contribution in [3.63, 3.8) is 0 Å². The van der Waals surface area contributed by atoms with E-state index in [-0.39, 0.29) is 23.2 Å². The Morgan fingerprint density at radius 1 is 1.17 bits per heavy atom. The van der Waals surface area contributed by atoms with E-state index in [0.29, 0.717) is 15.9 Å². The van der Waals surface area contributed by atoms with E-state index in [2.05, 4.69) is 29.5 Å². The number of nitrogens with one attached hydrogen (secondary N) is 1. The van der Waals surface area contributed by atoms with Crippen molar-refractivity contribution in [2.24, 2.45) is 5.41 Å². The highest BCUT2D eigenvalue weighted by Crippen LogP contribution is 2.45. The summed E-state index contributed by atoms with van der Waals surface area (Å²) in [6, 6.07) is 11.1. The molecule has 0 bridgehead atoms. The molecule has 4 aromatic rings. The van der Waals surface area contributed by atoms with Gasteiger partial charge in [-0.15, -0.1) is 0 Å². The highest BCUT2D eigenvalue weighted by molar-refractivity contribution is 7.99. The fourth-order valence-corrected chi connectivity index (χ4v) is 8.56. The van der Waals surface area contributed by atoms with E-state index < -0.39 is 10.0 Å². The van der Waals surface area contributed by atoms with E-state index in [4.69, 9.17) is 0 Å². The molecule has 11 nitrogen and oxygen atoms in total. The second kappa shape index (κ2) is 11.2. The zero-order chi connectivity index (χ0) is 28.6. The quantitative estimate of drug-likeness (QED) is 0.282. The number of carbonyl (C=O) groups excluding carboxylic acids is 1. The van der Waals surface area contributed by atoms with Crippen molar-refractivity contribution >= 4 is 61.3 Å². The van der Waals surface area contributed by atoms with Crippen molar-refractivity contribution in [1.82, 2.24) is 28.2 Å². The van der Waals surface area contributed by atoms with Crippen molar-refractivity contribution in [2.45, 2.75) is 49.6 Å². The van der Waals surface area contributed by atoms with Gasteiger partial charge in [-0.1, -0.05) is 49.0 Å². The fourth-order valence-electron chi connectivity index (χ4n) is 5.89. The molecule has 1 saturated carbocycles. The Morgan fingerprint density at radius 3 is 2.66 bits per heavy atom. The summed E-state index contributed by atoms with van der Waals surface area (Å²) >= 11 is 2.77. The van der Waals surface area contributed by atoms with Crippen molar-refractivity contribution in [1.29, 1.82) is 0 Å². The maximum absolute atomic E-state index is 13.2. The van der Waals surface area contributed by atoms with E-state index in [1.807, 2.05) is 49.2 Å². The molecular formula is C27H32N8O3S3. The van der Waals surface area contributed by atoms with Crippen LogP contribution in [0, 0.1) is 5.41 Å². The number of amides is 2. The van der Waals surface area contributed by atoms with Crippen LogP contribution in [-0.2, 0) is 15.8 Å². The molecule has 0 unspecified atom stereocenters. The summed E-state index contributed by atoms with van der Waals surface area (Å²) in [4.78, 5) is 30.0. The normalized spacial score (nSPS) is 17.1. The van der Waals surface area contributed by atoms with E-state index in [1.54, 1.807) is 24.0 Å². The Hall–Kier alpha value is -3.23. The van der Waals surface area contributed by atoms with Crippen LogP contribution in [0.25, 0.3) is 11.0 Å². The van der Waals surface area contributed by atoms with Gasteiger partial charge in [0, 0.05) is 49.3 Å². The molecule has 6 rings (SSSR count). The van der Waals surface area contributed by atoms with Crippen LogP contribution in [-0.4, -0.2) is 74.6 Å². The summed E-state index contributed by atoms with van der Waals surface area (Å²) in [6.45, 7) is 3.52. The first-order valence-electron chi connectivity index (χ1n) is 13.6. The number of carbonyl (C=O) groups is 1. The van der Waals surface area contributed by atoms with E-state index in [1.165, 1.54) is 21.8 Å². The number of hydrogen-bond donors (Lipinski definition) is 1. The van der Waals surface area contributed by atoms with Crippen LogP contribution in [0.1, 0.15) is 38.2 Å². The molecule has 1 aliphatic carbocycles. The number of anilines is 2. The minimum absolute atomic E-state index is 0.105. The molecule has 216 valence electrons. The molecule has 3 aromatic heterocycles. The third kappa shape index (κ3) is 5.64. The predicted molar refractivity (Wildman–Crippen MR) is 162 cm³/mol. The lowest BCUT2D eigenvalue weighted by Gasteiger charge is -2.54. The van der Waals surface area contributed by atoms with Crippen molar-refractivity contribution in [3.8, 4) is 0 Å². The van der Waals surface area contributed by atoms with Crippen LogP contribution in [0.3, 0.4) is 0 Å². The molecule has 2 amide bonds. The molecule has 41 heavy (non-hydrogen) atoms. The molecule has 1 aliphatic heterocycles. The Bertz CT molecular complexity index is 1640. The summed E-state index contributed by atoms with van der Waals surface area (Å²) in [5.41, 5.74) is 1.26. The number of fused-ring (bicyclic) bond motifs is 1. The molecule has 14 heteroatoms. The third-order valence-corrected chi connectivity index (χ3v) is 11.1. The van der Waals surface area contributed by atoms with Crippen molar-refractivity contribution < 1.29 is 13.2 Å². The van der Waals surface area contributed by atoms with Gasteiger partial charge in [0.1, 0.15) is 12.1 Å². The van der Waals surface area contributed by atoms with Crippen LogP contribution in [0.2, 0.25) is 0 Å². The minimum Gasteiger partial charge on any atom is -0.356 e. The van der Waals surface area contributed by atoms with Gasteiger partial charge in [0.2, 0.25) is 20.3 Å². The monoisotopic (exact) mass is 612 g/mol. The summed E-state index contributed by atoms with van der Waals surface area (Å²) in [7, 11) is -1.62. The SMILES string of the molecule is CCSc1nsc(NC(=O)N2CC3(CCC(N(C)c4ncnc5c4ccn5S(=O)(=O)Cc4ccccc4)CC3)C2)n1. The molecule has 0 radical (unpaired) electrons. The van der Waals surface area contributed by atoms with Crippen LogP contribution < -0.4 is 10.2 Å². The Kier molecular flexibility index (Phi) is 7.64. The van der Waals surface area contributed by atoms with Crippen LogP contribution in [0.4, 0.5) is 15.7 Å². The van der Waals surface area contributed by atoms with Gasteiger partial charge in [0.15, 0.2) is 5.65 Å². The van der Waals surface area contributed by atoms with Crippen molar-refractivity contribution in [2.75, 3.05) is 36.1 Å². The lowest BCUT2D eigenvalue weighted by Crippen LogP contribution is -2.61. The maximum Gasteiger partial charge on any atom is 0.323 e. The highest BCUT2D eigenvalue weighted by atomic mass is 32.2. The third-order valence-electron chi connectivity index (χ3n) is 8.05. The Morgan fingerprint density at radius 2 is 1.93 bits per heavy atom. The Labute approximate surface area is 247 Å². The van der Waals surface area contributed by atoms with Crippen molar-refractivity contribution in [3.05, 3.63) is 54.5 Å². The summed E-state index contributed by atoms with van der Waals surface area (Å²) in [6.07, 6.45) is 6.99. The average molecular weight is 613 g/mol. The Balaban J connectivity index is 1.08. The van der Waals surface area contributed by atoms with Gasteiger partial charge in [-0.3, -0.25) is 5.32 Å². The first-order chi connectivity index (χ1) is 19.8. The average Bonchev–Trinajstić information content (AvgIpc) is 3.59. The number of rotatable bonds is 8. The van der Waals surface area contributed by atoms with Crippen LogP contribution >= 0.6 is 23.3 Å². The van der Waals surface area contributed by atoms with E-state index in [0.717, 1.165) is 61.3 Å². The molecule has 4 heterocycles. The van der Waals surface area contributed by atoms with E-state index >= 15 is 0 Å². The van der Waals surface area contributed by atoms with E-state index in [9.17, 15) is 13.2 Å². The zero-order valence-electron chi connectivity index (χ0n) is 22.9. The van der Waals surface area contributed by atoms with Crippen LogP contribution in [0.15, 0.2) is 54.1 Å². The van der Waals surface area contributed by atoms with Gasteiger partial charge in [0.25, 0.3) is 0 Å².